The van der Waals surface area contributed by atoms with E-state index in [0.29, 0.717) is 15.8 Å². The number of thiophene rings is 1. The summed E-state index contributed by atoms with van der Waals surface area (Å²) in [6.45, 7) is 3.90. The van der Waals surface area contributed by atoms with Crippen molar-refractivity contribution in [2.75, 3.05) is 7.05 Å². The smallest absolute Gasteiger partial charge is 0.250 e. The maximum absolute atomic E-state index is 11.8. The number of carbonyl (C=O) groups excluding carboxylic acids is 1. The Hall–Kier alpha value is -0.240. The molecule has 1 aromatic rings. The summed E-state index contributed by atoms with van der Waals surface area (Å²) in [5, 5.41) is 0. The zero-order chi connectivity index (χ0) is 13.2. The molecular formula is C10H14BrNO3S2. The number of ketones is 1. The van der Waals surface area contributed by atoms with Crippen LogP contribution in [0.5, 0.6) is 0 Å². The van der Waals surface area contributed by atoms with Crippen molar-refractivity contribution in [2.45, 2.75) is 24.5 Å². The Kier molecular flexibility index (Phi) is 4.88. The molecule has 0 radical (unpaired) electrons. The highest BCUT2D eigenvalue weighted by Gasteiger charge is 2.22. The second-order valence-corrected chi connectivity index (χ2v) is 7.96. The van der Waals surface area contributed by atoms with Crippen LogP contribution in [0.1, 0.15) is 29.9 Å². The third kappa shape index (κ3) is 3.61. The van der Waals surface area contributed by atoms with E-state index in [1.54, 1.807) is 6.07 Å². The average Bonchev–Trinajstić information content (AvgIpc) is 2.60. The van der Waals surface area contributed by atoms with Crippen LogP contribution < -0.4 is 4.72 Å². The predicted molar refractivity (Wildman–Crippen MR) is 72.1 cm³/mol. The molecule has 0 fully saturated rings. The summed E-state index contributed by atoms with van der Waals surface area (Å²) in [6, 6.07) is 1.57. The number of hydrogen-bond acceptors (Lipinski definition) is 4. The Labute approximate surface area is 114 Å². The predicted octanol–water partition coefficient (Wildman–Crippen LogP) is 2.65. The molecule has 0 saturated heterocycles. The van der Waals surface area contributed by atoms with Crippen molar-refractivity contribution in [1.29, 1.82) is 0 Å². The lowest BCUT2D eigenvalue weighted by Crippen LogP contribution is -2.17. The first-order valence-corrected chi connectivity index (χ1v) is 8.13. The number of halogens is 1. The van der Waals surface area contributed by atoms with Crippen LogP contribution >= 0.6 is 27.3 Å². The molecule has 0 aliphatic rings. The van der Waals surface area contributed by atoms with Gasteiger partial charge in [-0.25, -0.2) is 13.1 Å². The molecule has 1 aromatic heterocycles. The molecule has 96 valence electrons. The third-order valence-corrected chi connectivity index (χ3v) is 6.31. The number of sulfonamides is 1. The van der Waals surface area contributed by atoms with Gasteiger partial charge in [-0.05, 0) is 35.0 Å². The van der Waals surface area contributed by atoms with Crippen molar-refractivity contribution < 1.29 is 13.2 Å². The molecule has 0 spiro atoms. The van der Waals surface area contributed by atoms with E-state index in [1.807, 2.05) is 13.8 Å². The van der Waals surface area contributed by atoms with Crippen molar-refractivity contribution in [2.24, 2.45) is 5.92 Å². The molecule has 17 heavy (non-hydrogen) atoms. The number of rotatable bonds is 5. The highest BCUT2D eigenvalue weighted by Crippen LogP contribution is 2.32. The van der Waals surface area contributed by atoms with Crippen LogP contribution in [-0.2, 0) is 10.0 Å². The number of nitrogens with one attached hydrogen (secondary N) is 1. The van der Waals surface area contributed by atoms with Crippen molar-refractivity contribution in [3.63, 3.8) is 0 Å². The van der Waals surface area contributed by atoms with Gasteiger partial charge in [0.15, 0.2) is 5.78 Å². The van der Waals surface area contributed by atoms with Crippen LogP contribution in [0, 0.1) is 5.92 Å². The first kappa shape index (κ1) is 14.8. The minimum Gasteiger partial charge on any atom is -0.293 e. The van der Waals surface area contributed by atoms with Gasteiger partial charge >= 0.3 is 0 Å². The monoisotopic (exact) mass is 339 g/mol. The summed E-state index contributed by atoms with van der Waals surface area (Å²) in [5.41, 5.74) is 0. The average molecular weight is 340 g/mol. The quantitative estimate of drug-likeness (QED) is 0.838. The van der Waals surface area contributed by atoms with Crippen LogP contribution in [0.15, 0.2) is 14.7 Å². The molecule has 0 unspecified atom stereocenters. The highest BCUT2D eigenvalue weighted by molar-refractivity contribution is 9.10. The second-order valence-electron chi connectivity index (χ2n) is 3.97. The summed E-state index contributed by atoms with van der Waals surface area (Å²) in [6.07, 6.45) is 0.423. The molecule has 0 aliphatic heterocycles. The lowest BCUT2D eigenvalue weighted by atomic mass is 10.1. The lowest BCUT2D eigenvalue weighted by molar-refractivity contribution is 0.0972. The van der Waals surface area contributed by atoms with E-state index < -0.39 is 10.0 Å². The van der Waals surface area contributed by atoms with Gasteiger partial charge in [-0.1, -0.05) is 13.8 Å². The molecule has 1 rings (SSSR count). The summed E-state index contributed by atoms with van der Waals surface area (Å²) in [5.74, 6) is 0.232. The maximum atomic E-state index is 11.8. The van der Waals surface area contributed by atoms with Gasteiger partial charge in [0.05, 0.1) is 4.88 Å². The van der Waals surface area contributed by atoms with E-state index >= 15 is 0 Å². The van der Waals surface area contributed by atoms with Gasteiger partial charge in [0.1, 0.15) is 4.21 Å². The van der Waals surface area contributed by atoms with E-state index in [1.165, 1.54) is 7.05 Å². The lowest BCUT2D eigenvalue weighted by Gasteiger charge is -2.00. The fourth-order valence-electron chi connectivity index (χ4n) is 1.24. The Morgan fingerprint density at radius 2 is 2.12 bits per heavy atom. The van der Waals surface area contributed by atoms with Gasteiger partial charge in [-0.15, -0.1) is 11.3 Å². The zero-order valence-corrected chi connectivity index (χ0v) is 13.0. The Morgan fingerprint density at radius 1 is 1.53 bits per heavy atom. The molecule has 1 N–H and O–H groups in total. The van der Waals surface area contributed by atoms with E-state index in [2.05, 4.69) is 20.7 Å². The van der Waals surface area contributed by atoms with E-state index in [-0.39, 0.29) is 15.9 Å². The molecule has 0 atom stereocenters. The SMILES string of the molecule is CNS(=O)(=O)c1sc(C(=O)CC(C)C)cc1Br. The summed E-state index contributed by atoms with van der Waals surface area (Å²) >= 11 is 4.16. The minimum atomic E-state index is -3.50. The zero-order valence-electron chi connectivity index (χ0n) is 9.78. The first-order valence-electron chi connectivity index (χ1n) is 5.04. The number of carbonyl (C=O) groups is 1. The van der Waals surface area contributed by atoms with E-state index in [4.69, 9.17) is 0 Å². The third-order valence-electron chi connectivity index (χ3n) is 2.04. The van der Waals surface area contributed by atoms with Crippen molar-refractivity contribution >= 4 is 43.1 Å². The largest absolute Gasteiger partial charge is 0.293 e. The van der Waals surface area contributed by atoms with Gasteiger partial charge in [-0.3, -0.25) is 4.79 Å². The Bertz CT molecular complexity index is 520. The van der Waals surface area contributed by atoms with Crippen molar-refractivity contribution in [1.82, 2.24) is 4.72 Å². The molecule has 0 saturated carbocycles. The molecular weight excluding hydrogens is 326 g/mol. The molecule has 0 amide bonds. The highest BCUT2D eigenvalue weighted by atomic mass is 79.9. The second kappa shape index (κ2) is 5.60. The summed E-state index contributed by atoms with van der Waals surface area (Å²) < 4.78 is 26.1. The van der Waals surface area contributed by atoms with Crippen molar-refractivity contribution in [3.8, 4) is 0 Å². The van der Waals surface area contributed by atoms with Crippen LogP contribution in [0.3, 0.4) is 0 Å². The van der Waals surface area contributed by atoms with Gasteiger partial charge < -0.3 is 0 Å². The van der Waals surface area contributed by atoms with E-state index in [9.17, 15) is 13.2 Å². The Balaban J connectivity index is 3.09. The first-order chi connectivity index (χ1) is 7.77. The fraction of sp³-hybridized carbons (Fsp3) is 0.500. The van der Waals surface area contributed by atoms with Crippen LogP contribution in [-0.4, -0.2) is 21.2 Å². The van der Waals surface area contributed by atoms with Gasteiger partial charge in [-0.2, -0.15) is 0 Å². The standard InChI is InChI=1S/C10H14BrNO3S2/c1-6(2)4-8(13)9-5-7(11)10(16-9)17(14,15)12-3/h5-6,12H,4H2,1-3H3. The van der Waals surface area contributed by atoms with Crippen LogP contribution in [0.2, 0.25) is 0 Å². The topological polar surface area (TPSA) is 63.2 Å². The van der Waals surface area contributed by atoms with Crippen LogP contribution in [0.25, 0.3) is 0 Å². The Morgan fingerprint density at radius 3 is 2.59 bits per heavy atom. The summed E-state index contributed by atoms with van der Waals surface area (Å²) in [4.78, 5) is 12.3. The molecule has 7 heteroatoms. The number of Topliss-reactive ketones (excluding diaryl/α,β-unsaturated/α-hetero) is 1. The normalized spacial score (nSPS) is 12.1. The van der Waals surface area contributed by atoms with E-state index in [0.717, 1.165) is 11.3 Å². The van der Waals surface area contributed by atoms with Gasteiger partial charge in [0.2, 0.25) is 0 Å². The fourth-order valence-corrected chi connectivity index (χ4v) is 4.69. The minimum absolute atomic E-state index is 0.0248. The molecule has 1 heterocycles. The van der Waals surface area contributed by atoms with Crippen molar-refractivity contribution in [3.05, 3.63) is 15.4 Å². The molecule has 4 nitrogen and oxygen atoms in total. The van der Waals surface area contributed by atoms with Crippen LogP contribution in [0.4, 0.5) is 0 Å². The summed E-state index contributed by atoms with van der Waals surface area (Å²) in [7, 11) is -2.16. The van der Waals surface area contributed by atoms with Gasteiger partial charge in [0.25, 0.3) is 10.0 Å². The maximum Gasteiger partial charge on any atom is 0.250 e. The number of hydrogen-bond donors (Lipinski definition) is 1. The van der Waals surface area contributed by atoms with Gasteiger partial charge in [0, 0.05) is 10.9 Å². The molecule has 0 aromatic carbocycles. The molecule has 0 bridgehead atoms. The molecule has 0 aliphatic carbocycles.